The summed E-state index contributed by atoms with van der Waals surface area (Å²) in [5.41, 5.74) is 1.72. The maximum atomic E-state index is 13.2. The molecule has 196 valence electrons. The van der Waals surface area contributed by atoms with Crippen LogP contribution in [-0.4, -0.2) is 35.7 Å². The Morgan fingerprint density at radius 2 is 1.70 bits per heavy atom. The topological polar surface area (TPSA) is 59.0 Å². The number of benzene rings is 3. The lowest BCUT2D eigenvalue weighted by Crippen LogP contribution is -2.41. The van der Waals surface area contributed by atoms with Crippen LogP contribution in [0, 0.1) is 5.92 Å². The number of carbonyl (C=O) groups is 1. The van der Waals surface area contributed by atoms with Crippen molar-refractivity contribution in [2.24, 2.45) is 5.92 Å². The summed E-state index contributed by atoms with van der Waals surface area (Å²) in [5, 5.41) is 9.62. The lowest BCUT2D eigenvalue weighted by Gasteiger charge is -2.38. The lowest BCUT2D eigenvalue weighted by atomic mass is 9.91. The van der Waals surface area contributed by atoms with Crippen LogP contribution in [0.4, 0.5) is 13.2 Å². The van der Waals surface area contributed by atoms with E-state index in [4.69, 9.17) is 9.47 Å². The van der Waals surface area contributed by atoms with E-state index in [9.17, 15) is 23.1 Å². The summed E-state index contributed by atoms with van der Waals surface area (Å²) >= 11 is 0. The van der Waals surface area contributed by atoms with E-state index in [2.05, 4.69) is 0 Å². The molecule has 0 amide bonds. The van der Waals surface area contributed by atoms with E-state index >= 15 is 0 Å². The minimum absolute atomic E-state index is 0.303. The molecule has 0 radical (unpaired) electrons. The van der Waals surface area contributed by atoms with Crippen molar-refractivity contribution in [3.8, 4) is 11.5 Å². The SMILES string of the molecule is CCOc1cc(C(c2ccc(C(F)(F)F)cc2)N2CCCC(C(=O)O)C2)ccc1OCc1ccccc1. The lowest BCUT2D eigenvalue weighted by molar-refractivity contribution is -0.144. The van der Waals surface area contributed by atoms with Crippen molar-refractivity contribution >= 4 is 5.97 Å². The normalized spacial score (nSPS) is 17.2. The van der Waals surface area contributed by atoms with Gasteiger partial charge in [-0.3, -0.25) is 9.69 Å². The molecule has 1 N–H and O–H groups in total. The zero-order valence-corrected chi connectivity index (χ0v) is 20.6. The van der Waals surface area contributed by atoms with E-state index in [1.54, 1.807) is 6.07 Å². The molecule has 0 aliphatic carbocycles. The summed E-state index contributed by atoms with van der Waals surface area (Å²) in [4.78, 5) is 13.8. The fourth-order valence-electron chi connectivity index (χ4n) is 4.73. The Hall–Kier alpha value is -3.52. The molecule has 0 saturated carbocycles. The number of ether oxygens (including phenoxy) is 2. The van der Waals surface area contributed by atoms with Crippen LogP contribution in [0.2, 0.25) is 0 Å². The third-order valence-electron chi connectivity index (χ3n) is 6.54. The zero-order chi connectivity index (χ0) is 26.4. The monoisotopic (exact) mass is 513 g/mol. The van der Waals surface area contributed by atoms with Crippen LogP contribution in [0.25, 0.3) is 0 Å². The van der Waals surface area contributed by atoms with Crippen LogP contribution in [0.1, 0.15) is 48.1 Å². The second kappa shape index (κ2) is 11.7. The third kappa shape index (κ3) is 6.63. The number of carboxylic acid groups (broad SMARTS) is 1. The quantitative estimate of drug-likeness (QED) is 0.351. The van der Waals surface area contributed by atoms with E-state index < -0.39 is 29.7 Å². The molecular formula is C29H30F3NO4. The Balaban J connectivity index is 1.69. The van der Waals surface area contributed by atoms with Crippen molar-refractivity contribution in [2.45, 2.75) is 38.6 Å². The summed E-state index contributed by atoms with van der Waals surface area (Å²) in [6, 6.07) is 19.9. The van der Waals surface area contributed by atoms with Gasteiger partial charge in [0.2, 0.25) is 0 Å². The Morgan fingerprint density at radius 3 is 2.35 bits per heavy atom. The molecule has 8 heteroatoms. The van der Waals surface area contributed by atoms with Crippen LogP contribution in [-0.2, 0) is 17.6 Å². The minimum atomic E-state index is -4.44. The average Bonchev–Trinajstić information content (AvgIpc) is 2.89. The first-order valence-corrected chi connectivity index (χ1v) is 12.3. The number of aliphatic carboxylic acids is 1. The summed E-state index contributed by atoms with van der Waals surface area (Å²) in [6.07, 6.45) is -3.18. The maximum Gasteiger partial charge on any atom is 0.416 e. The van der Waals surface area contributed by atoms with E-state index in [-0.39, 0.29) is 0 Å². The molecule has 1 aliphatic heterocycles. The predicted molar refractivity (Wildman–Crippen MR) is 134 cm³/mol. The average molecular weight is 514 g/mol. The number of alkyl halides is 3. The number of hydrogen-bond acceptors (Lipinski definition) is 4. The van der Waals surface area contributed by atoms with Gasteiger partial charge in [0.1, 0.15) is 6.61 Å². The van der Waals surface area contributed by atoms with Crippen molar-refractivity contribution in [3.05, 3.63) is 95.1 Å². The van der Waals surface area contributed by atoms with Gasteiger partial charge in [0, 0.05) is 6.54 Å². The van der Waals surface area contributed by atoms with Crippen LogP contribution < -0.4 is 9.47 Å². The van der Waals surface area contributed by atoms with Gasteiger partial charge in [-0.25, -0.2) is 0 Å². The molecule has 0 bridgehead atoms. The fraction of sp³-hybridized carbons (Fsp3) is 0.345. The van der Waals surface area contributed by atoms with Crippen LogP contribution >= 0.6 is 0 Å². The van der Waals surface area contributed by atoms with Crippen LogP contribution in [0.15, 0.2) is 72.8 Å². The van der Waals surface area contributed by atoms with E-state index in [0.717, 1.165) is 23.3 Å². The largest absolute Gasteiger partial charge is 0.490 e. The molecular weight excluding hydrogens is 483 g/mol. The number of halogens is 3. The molecule has 2 unspecified atom stereocenters. The Morgan fingerprint density at radius 1 is 1.00 bits per heavy atom. The van der Waals surface area contributed by atoms with Gasteiger partial charge in [0.05, 0.1) is 24.1 Å². The van der Waals surface area contributed by atoms with Crippen molar-refractivity contribution < 1.29 is 32.5 Å². The van der Waals surface area contributed by atoms with Crippen molar-refractivity contribution in [1.29, 1.82) is 0 Å². The number of nitrogens with zero attached hydrogens (tertiary/aromatic N) is 1. The minimum Gasteiger partial charge on any atom is -0.490 e. The second-order valence-electron chi connectivity index (χ2n) is 9.11. The maximum absolute atomic E-state index is 13.2. The Bertz CT molecular complexity index is 1180. The fourth-order valence-corrected chi connectivity index (χ4v) is 4.73. The molecule has 2 atom stereocenters. The molecule has 5 nitrogen and oxygen atoms in total. The molecule has 1 fully saturated rings. The highest BCUT2D eigenvalue weighted by molar-refractivity contribution is 5.70. The second-order valence-corrected chi connectivity index (χ2v) is 9.11. The molecule has 37 heavy (non-hydrogen) atoms. The first-order valence-electron chi connectivity index (χ1n) is 12.3. The van der Waals surface area contributed by atoms with Crippen molar-refractivity contribution in [2.75, 3.05) is 19.7 Å². The van der Waals surface area contributed by atoms with Crippen molar-refractivity contribution in [1.82, 2.24) is 4.90 Å². The smallest absolute Gasteiger partial charge is 0.416 e. The number of piperidine rings is 1. The van der Waals surface area contributed by atoms with E-state index in [1.807, 2.05) is 54.3 Å². The van der Waals surface area contributed by atoms with Gasteiger partial charge < -0.3 is 14.6 Å². The summed E-state index contributed by atoms with van der Waals surface area (Å²) in [5.74, 6) is -0.316. The van der Waals surface area contributed by atoms with Gasteiger partial charge >= 0.3 is 12.1 Å². The predicted octanol–water partition coefficient (Wildman–Crippen LogP) is 6.57. The molecule has 0 aromatic heterocycles. The summed E-state index contributed by atoms with van der Waals surface area (Å²) in [7, 11) is 0. The first-order chi connectivity index (χ1) is 17.8. The van der Waals surface area contributed by atoms with E-state index in [0.29, 0.717) is 56.2 Å². The molecule has 3 aromatic rings. The molecule has 4 rings (SSSR count). The molecule has 1 saturated heterocycles. The van der Waals surface area contributed by atoms with Crippen LogP contribution in [0.5, 0.6) is 11.5 Å². The molecule has 3 aromatic carbocycles. The zero-order valence-electron chi connectivity index (χ0n) is 20.6. The summed E-state index contributed by atoms with van der Waals surface area (Å²) in [6.45, 7) is 3.56. The molecule has 0 spiro atoms. The molecule has 1 aliphatic rings. The van der Waals surface area contributed by atoms with Gasteiger partial charge in [-0.2, -0.15) is 13.2 Å². The summed E-state index contributed by atoms with van der Waals surface area (Å²) < 4.78 is 51.5. The number of carboxylic acids is 1. The van der Waals surface area contributed by atoms with Gasteiger partial charge in [-0.05, 0) is 67.3 Å². The standard InChI is InChI=1S/C29H30F3NO4/c1-2-36-26-17-22(12-15-25(26)37-19-20-7-4-3-5-8-20)27(33-16-6-9-23(18-33)28(34)35)21-10-13-24(14-11-21)29(30,31)32/h3-5,7-8,10-15,17,23,27H,2,6,9,16,18-19H2,1H3,(H,34,35). The number of likely N-dealkylation sites (tertiary alicyclic amines) is 1. The number of hydrogen-bond donors (Lipinski definition) is 1. The highest BCUT2D eigenvalue weighted by atomic mass is 19.4. The van der Waals surface area contributed by atoms with Gasteiger partial charge in [0.15, 0.2) is 11.5 Å². The Labute approximate surface area is 214 Å². The van der Waals surface area contributed by atoms with Crippen molar-refractivity contribution in [3.63, 3.8) is 0 Å². The van der Waals surface area contributed by atoms with Gasteiger partial charge in [-0.15, -0.1) is 0 Å². The number of rotatable bonds is 9. The first kappa shape index (κ1) is 26.5. The Kier molecular flexibility index (Phi) is 8.38. The van der Waals surface area contributed by atoms with Gasteiger partial charge in [-0.1, -0.05) is 48.5 Å². The van der Waals surface area contributed by atoms with Gasteiger partial charge in [0.25, 0.3) is 0 Å². The highest BCUT2D eigenvalue weighted by Gasteiger charge is 2.33. The van der Waals surface area contributed by atoms with E-state index in [1.165, 1.54) is 12.1 Å². The highest BCUT2D eigenvalue weighted by Crippen LogP contribution is 2.39. The third-order valence-corrected chi connectivity index (χ3v) is 6.54. The van der Waals surface area contributed by atoms with Crippen LogP contribution in [0.3, 0.4) is 0 Å². The molecule has 1 heterocycles.